The summed E-state index contributed by atoms with van der Waals surface area (Å²) in [6, 6.07) is 4.26. The Balaban J connectivity index is 2.45. The zero-order chi connectivity index (χ0) is 14.3. The van der Waals surface area contributed by atoms with Crippen LogP contribution in [0.3, 0.4) is 0 Å². The van der Waals surface area contributed by atoms with Crippen molar-refractivity contribution < 1.29 is 23.8 Å². The average molecular weight is 271 g/mol. The molecule has 0 aromatic heterocycles. The topological polar surface area (TPSA) is 67.8 Å². The quantitative estimate of drug-likeness (QED) is 0.737. The summed E-state index contributed by atoms with van der Waals surface area (Å²) in [6.07, 6.45) is -0.950. The number of hydrogen-bond donors (Lipinski definition) is 2. The number of ether oxygens (including phenoxy) is 2. The molecular weight excluding hydrogens is 253 g/mol. The van der Waals surface area contributed by atoms with Crippen molar-refractivity contribution in [3.63, 3.8) is 0 Å². The number of hydrogen-bond acceptors (Lipinski definition) is 5. The van der Waals surface area contributed by atoms with Crippen molar-refractivity contribution in [1.82, 2.24) is 0 Å². The highest BCUT2D eigenvalue weighted by molar-refractivity contribution is 5.70. The molecule has 0 spiro atoms. The van der Waals surface area contributed by atoms with Gasteiger partial charge in [-0.3, -0.25) is 4.79 Å². The van der Waals surface area contributed by atoms with Crippen molar-refractivity contribution in [3.8, 4) is 5.75 Å². The van der Waals surface area contributed by atoms with Gasteiger partial charge < -0.3 is 19.9 Å². The van der Waals surface area contributed by atoms with Gasteiger partial charge >= 0.3 is 5.97 Å². The Labute approximate surface area is 111 Å². The van der Waals surface area contributed by atoms with Crippen molar-refractivity contribution in [2.24, 2.45) is 0 Å². The molecule has 6 heteroatoms. The predicted molar refractivity (Wildman–Crippen MR) is 68.7 cm³/mol. The lowest BCUT2D eigenvalue weighted by Crippen LogP contribution is -2.23. The molecular formula is C13H18FNO4. The maximum atomic E-state index is 13.2. The second-order valence-corrected chi connectivity index (χ2v) is 3.89. The van der Waals surface area contributed by atoms with E-state index in [1.165, 1.54) is 25.3 Å². The third kappa shape index (κ3) is 5.13. The summed E-state index contributed by atoms with van der Waals surface area (Å²) >= 11 is 0. The number of esters is 1. The first-order valence-electron chi connectivity index (χ1n) is 5.98. The van der Waals surface area contributed by atoms with E-state index in [0.717, 1.165) is 0 Å². The Kier molecular flexibility index (Phi) is 6.08. The zero-order valence-corrected chi connectivity index (χ0v) is 11.0. The lowest BCUT2D eigenvalue weighted by Gasteiger charge is -2.13. The Morgan fingerprint density at radius 3 is 2.89 bits per heavy atom. The number of anilines is 1. The molecule has 0 aliphatic heterocycles. The van der Waals surface area contributed by atoms with Crippen LogP contribution < -0.4 is 10.1 Å². The first kappa shape index (κ1) is 15.2. The van der Waals surface area contributed by atoms with Crippen LogP contribution in [-0.4, -0.2) is 37.4 Å². The molecule has 0 aliphatic rings. The van der Waals surface area contributed by atoms with E-state index >= 15 is 0 Å². The number of carbonyl (C=O) groups is 1. The monoisotopic (exact) mass is 271 g/mol. The normalized spacial score (nSPS) is 11.8. The number of carbonyl (C=O) groups excluding carboxylic acids is 1. The van der Waals surface area contributed by atoms with Crippen molar-refractivity contribution >= 4 is 11.7 Å². The van der Waals surface area contributed by atoms with Crippen LogP contribution in [0.4, 0.5) is 10.1 Å². The molecule has 0 radical (unpaired) electrons. The summed E-state index contributed by atoms with van der Waals surface area (Å²) in [5.74, 6) is -0.793. The van der Waals surface area contributed by atoms with Crippen LogP contribution in [0, 0.1) is 5.82 Å². The molecule has 2 N–H and O–H groups in total. The smallest absolute Gasteiger partial charge is 0.308 e. The highest BCUT2D eigenvalue weighted by Gasteiger charge is 2.11. The molecule has 0 saturated heterocycles. The van der Waals surface area contributed by atoms with E-state index in [0.29, 0.717) is 5.69 Å². The fourth-order valence-electron chi connectivity index (χ4n) is 1.49. The van der Waals surface area contributed by atoms with Crippen molar-refractivity contribution in [3.05, 3.63) is 24.0 Å². The van der Waals surface area contributed by atoms with E-state index in [2.05, 4.69) is 5.32 Å². The number of rotatable bonds is 7. The summed E-state index contributed by atoms with van der Waals surface area (Å²) in [5.41, 5.74) is 0.598. The molecule has 106 valence electrons. The van der Waals surface area contributed by atoms with Gasteiger partial charge in [0.25, 0.3) is 0 Å². The molecule has 0 amide bonds. The highest BCUT2D eigenvalue weighted by atomic mass is 19.1. The fourth-order valence-corrected chi connectivity index (χ4v) is 1.49. The van der Waals surface area contributed by atoms with E-state index in [-0.39, 0.29) is 25.3 Å². The Morgan fingerprint density at radius 1 is 1.53 bits per heavy atom. The molecule has 1 rings (SSSR count). The minimum Gasteiger partial charge on any atom is -0.494 e. The van der Waals surface area contributed by atoms with Gasteiger partial charge in [0.2, 0.25) is 0 Å². The summed E-state index contributed by atoms with van der Waals surface area (Å²) in [7, 11) is 1.37. The van der Waals surface area contributed by atoms with Crippen molar-refractivity contribution in [1.29, 1.82) is 0 Å². The third-order valence-electron chi connectivity index (χ3n) is 2.40. The van der Waals surface area contributed by atoms with Crippen molar-refractivity contribution in [2.75, 3.05) is 25.6 Å². The van der Waals surface area contributed by atoms with Gasteiger partial charge in [0.05, 0.1) is 26.2 Å². The Bertz CT molecular complexity index is 425. The van der Waals surface area contributed by atoms with Crippen LogP contribution in [0.2, 0.25) is 0 Å². The lowest BCUT2D eigenvalue weighted by molar-refractivity contribution is -0.145. The van der Waals surface area contributed by atoms with Gasteiger partial charge in [0, 0.05) is 18.3 Å². The minimum absolute atomic E-state index is 0.0842. The molecule has 1 aromatic rings. The molecule has 1 aromatic carbocycles. The number of benzene rings is 1. The van der Waals surface area contributed by atoms with E-state index < -0.39 is 17.9 Å². The summed E-state index contributed by atoms with van der Waals surface area (Å²) < 4.78 is 22.7. The zero-order valence-electron chi connectivity index (χ0n) is 11.0. The number of nitrogens with one attached hydrogen (secondary N) is 1. The predicted octanol–water partition coefficient (Wildman–Crippen LogP) is 1.56. The molecule has 1 unspecified atom stereocenters. The molecule has 0 fully saturated rings. The van der Waals surface area contributed by atoms with Gasteiger partial charge in [-0.1, -0.05) is 0 Å². The van der Waals surface area contributed by atoms with Gasteiger partial charge in [-0.2, -0.15) is 0 Å². The Morgan fingerprint density at radius 2 is 2.26 bits per heavy atom. The first-order valence-corrected chi connectivity index (χ1v) is 5.98. The number of methoxy groups -OCH3 is 1. The van der Waals surface area contributed by atoms with Crippen molar-refractivity contribution in [2.45, 2.75) is 19.4 Å². The maximum Gasteiger partial charge on any atom is 0.308 e. The molecule has 0 saturated carbocycles. The van der Waals surface area contributed by atoms with Crippen LogP contribution >= 0.6 is 0 Å². The van der Waals surface area contributed by atoms with Crippen LogP contribution in [0.1, 0.15) is 13.3 Å². The SMILES string of the molecule is CCOC(=O)CC(O)CNc1ccc(F)c(OC)c1. The molecule has 1 atom stereocenters. The van der Waals surface area contributed by atoms with Gasteiger partial charge in [0.1, 0.15) is 0 Å². The van der Waals surface area contributed by atoms with Crippen LogP contribution in [-0.2, 0) is 9.53 Å². The number of aliphatic hydroxyl groups excluding tert-OH is 1. The summed E-state index contributed by atoms with van der Waals surface area (Å²) in [4.78, 5) is 11.1. The largest absolute Gasteiger partial charge is 0.494 e. The van der Waals surface area contributed by atoms with Crippen LogP contribution in [0.15, 0.2) is 18.2 Å². The van der Waals surface area contributed by atoms with Gasteiger partial charge in [-0.25, -0.2) is 4.39 Å². The molecule has 0 heterocycles. The number of halogens is 1. The fraction of sp³-hybridized carbons (Fsp3) is 0.462. The van der Waals surface area contributed by atoms with Crippen LogP contribution in [0.25, 0.3) is 0 Å². The van der Waals surface area contributed by atoms with E-state index in [1.807, 2.05) is 0 Å². The third-order valence-corrected chi connectivity index (χ3v) is 2.40. The second kappa shape index (κ2) is 7.58. The lowest BCUT2D eigenvalue weighted by atomic mass is 10.2. The average Bonchev–Trinajstić information content (AvgIpc) is 2.38. The molecule has 0 aliphatic carbocycles. The maximum absolute atomic E-state index is 13.2. The van der Waals surface area contributed by atoms with E-state index in [9.17, 15) is 14.3 Å². The Hall–Kier alpha value is -1.82. The van der Waals surface area contributed by atoms with E-state index in [1.54, 1.807) is 6.92 Å². The molecule has 0 bridgehead atoms. The summed E-state index contributed by atoms with van der Waals surface area (Å²) in [5, 5.41) is 12.5. The van der Waals surface area contributed by atoms with Gasteiger partial charge in [-0.05, 0) is 19.1 Å². The molecule has 19 heavy (non-hydrogen) atoms. The second-order valence-electron chi connectivity index (χ2n) is 3.89. The first-order chi connectivity index (χ1) is 9.06. The minimum atomic E-state index is -0.866. The standard InChI is InChI=1S/C13H18FNO4/c1-3-19-13(17)7-10(16)8-15-9-4-5-11(14)12(6-9)18-2/h4-6,10,15-16H,3,7-8H2,1-2H3. The highest BCUT2D eigenvalue weighted by Crippen LogP contribution is 2.21. The van der Waals surface area contributed by atoms with Gasteiger partial charge in [0.15, 0.2) is 11.6 Å². The number of aliphatic hydroxyl groups is 1. The molecule has 5 nitrogen and oxygen atoms in total. The van der Waals surface area contributed by atoms with E-state index in [4.69, 9.17) is 9.47 Å². The van der Waals surface area contributed by atoms with Crippen LogP contribution in [0.5, 0.6) is 5.75 Å². The van der Waals surface area contributed by atoms with Gasteiger partial charge in [-0.15, -0.1) is 0 Å². The summed E-state index contributed by atoms with van der Waals surface area (Å²) in [6.45, 7) is 2.15.